The molecular weight excluding hydrogens is 238 g/mol. The first kappa shape index (κ1) is 14.2. The molecule has 0 atom stereocenters. The van der Waals surface area contributed by atoms with Gasteiger partial charge in [0, 0.05) is 13.0 Å². The van der Waals surface area contributed by atoms with E-state index in [2.05, 4.69) is 0 Å². The largest absolute Gasteiger partial charge is 0.396 e. The molecule has 8 nitrogen and oxygen atoms in total. The highest BCUT2D eigenvalue weighted by Crippen LogP contribution is 2.69. The average Bonchev–Trinajstić information content (AvgIpc) is 1.95. The molecule has 0 unspecified atom stereocenters. The summed E-state index contributed by atoms with van der Waals surface area (Å²) in [7, 11) is -10.7. The zero-order chi connectivity index (χ0) is 11.6. The van der Waals surface area contributed by atoms with Crippen molar-refractivity contribution in [3.8, 4) is 0 Å². The summed E-state index contributed by atoms with van der Waals surface area (Å²) in [6.45, 7) is -0.539. The minimum atomic E-state index is -5.36. The third kappa shape index (κ3) is 2.85. The van der Waals surface area contributed by atoms with Crippen molar-refractivity contribution in [1.29, 1.82) is 0 Å². The van der Waals surface area contributed by atoms with Gasteiger partial charge in [0.25, 0.3) is 5.08 Å². The maximum Gasteiger partial charge on any atom is 0.369 e. The summed E-state index contributed by atoms with van der Waals surface area (Å²) >= 11 is 0. The van der Waals surface area contributed by atoms with E-state index in [0.717, 1.165) is 0 Å². The molecule has 0 radical (unpaired) electrons. The molecule has 0 spiro atoms. The van der Waals surface area contributed by atoms with Crippen LogP contribution >= 0.6 is 15.2 Å². The van der Waals surface area contributed by atoms with E-state index in [1.165, 1.54) is 0 Å². The van der Waals surface area contributed by atoms with Crippen molar-refractivity contribution < 1.29 is 38.9 Å². The Bertz CT molecular complexity index is 253. The van der Waals surface area contributed by atoms with E-state index in [9.17, 15) is 14.2 Å². The first-order chi connectivity index (χ1) is 6.06. The predicted molar refractivity (Wildman–Crippen MR) is 45.4 cm³/mol. The lowest BCUT2D eigenvalue weighted by molar-refractivity contribution is 0.114. The van der Waals surface area contributed by atoms with Crippen molar-refractivity contribution in [2.45, 2.75) is 17.9 Å². The molecule has 0 aromatic rings. The van der Waals surface area contributed by atoms with Crippen LogP contribution < -0.4 is 0 Å². The summed E-state index contributed by atoms with van der Waals surface area (Å²) in [5.41, 5.74) is 0. The second-order valence-electron chi connectivity index (χ2n) is 2.69. The summed E-state index contributed by atoms with van der Waals surface area (Å²) in [5, 5.41) is 14.1. The number of rotatable bonds is 5. The van der Waals surface area contributed by atoms with E-state index in [1.807, 2.05) is 0 Å². The summed E-state index contributed by atoms with van der Waals surface area (Å²) in [4.78, 5) is 34.3. The molecule has 0 rings (SSSR count). The third-order valence-electron chi connectivity index (χ3n) is 1.60. The Kier molecular flexibility index (Phi) is 4.45. The zero-order valence-electron chi connectivity index (χ0n) is 7.02. The molecule has 0 saturated carbocycles. The van der Waals surface area contributed by atoms with E-state index in [4.69, 9.17) is 24.7 Å². The van der Waals surface area contributed by atoms with Gasteiger partial charge in [-0.2, -0.15) is 0 Å². The SMILES string of the molecule is O=P(O)(O)C(O)(CCCO)P(=O)(O)O. The van der Waals surface area contributed by atoms with Crippen LogP contribution in [0.15, 0.2) is 0 Å². The van der Waals surface area contributed by atoms with Gasteiger partial charge in [-0.3, -0.25) is 9.13 Å². The van der Waals surface area contributed by atoms with E-state index in [-0.39, 0.29) is 6.42 Å². The van der Waals surface area contributed by atoms with Crippen molar-refractivity contribution in [1.82, 2.24) is 0 Å². The van der Waals surface area contributed by atoms with E-state index in [1.54, 1.807) is 0 Å². The zero-order valence-corrected chi connectivity index (χ0v) is 8.80. The van der Waals surface area contributed by atoms with E-state index >= 15 is 0 Å². The molecule has 0 bridgehead atoms. The van der Waals surface area contributed by atoms with Crippen LogP contribution in [-0.4, -0.2) is 41.5 Å². The summed E-state index contributed by atoms with van der Waals surface area (Å²) < 4.78 is 21.4. The monoisotopic (exact) mass is 250 g/mol. The molecule has 6 N–H and O–H groups in total. The second-order valence-corrected chi connectivity index (χ2v) is 6.70. The van der Waals surface area contributed by atoms with Crippen molar-refractivity contribution in [3.05, 3.63) is 0 Å². The van der Waals surface area contributed by atoms with Crippen LogP contribution in [0.4, 0.5) is 0 Å². The van der Waals surface area contributed by atoms with Gasteiger partial charge in [-0.25, -0.2) is 0 Å². The fourth-order valence-electron chi connectivity index (χ4n) is 0.777. The van der Waals surface area contributed by atoms with Gasteiger partial charge in [0.2, 0.25) is 0 Å². The average molecular weight is 250 g/mol. The summed E-state index contributed by atoms with van der Waals surface area (Å²) in [6, 6.07) is 0. The van der Waals surface area contributed by atoms with Gasteiger partial charge in [0.1, 0.15) is 0 Å². The first-order valence-corrected chi connectivity index (χ1v) is 6.73. The van der Waals surface area contributed by atoms with E-state index < -0.39 is 33.3 Å². The lowest BCUT2D eigenvalue weighted by Gasteiger charge is -2.28. The van der Waals surface area contributed by atoms with Crippen LogP contribution in [0.2, 0.25) is 0 Å². The Morgan fingerprint density at radius 1 is 1.00 bits per heavy atom. The maximum absolute atomic E-state index is 10.7. The van der Waals surface area contributed by atoms with Gasteiger partial charge in [0.15, 0.2) is 0 Å². The van der Waals surface area contributed by atoms with Crippen LogP contribution in [-0.2, 0) is 9.13 Å². The molecule has 0 aromatic carbocycles. The van der Waals surface area contributed by atoms with Crippen molar-refractivity contribution in [2.24, 2.45) is 0 Å². The van der Waals surface area contributed by atoms with Crippen LogP contribution in [0.3, 0.4) is 0 Å². The smallest absolute Gasteiger partial charge is 0.369 e. The Morgan fingerprint density at radius 2 is 1.36 bits per heavy atom. The normalized spacial score (nSPS) is 14.4. The highest BCUT2D eigenvalue weighted by molar-refractivity contribution is 7.72. The predicted octanol–water partition coefficient (Wildman–Crippen LogP) is -1.24. The lowest BCUT2D eigenvalue weighted by atomic mass is 10.3. The Hall–Kier alpha value is 0.220. The van der Waals surface area contributed by atoms with Gasteiger partial charge in [0.05, 0.1) is 0 Å². The van der Waals surface area contributed by atoms with E-state index in [0.29, 0.717) is 0 Å². The standard InChI is InChI=1S/C4H12O8P2/c5-3-1-2-4(6,13(7,8)9)14(10,11)12/h5-6H,1-3H2,(H2,7,8,9)(H2,10,11,12). The highest BCUT2D eigenvalue weighted by Gasteiger charge is 2.58. The molecule has 86 valence electrons. The van der Waals surface area contributed by atoms with Crippen LogP contribution in [0.25, 0.3) is 0 Å². The number of aliphatic hydroxyl groups is 2. The molecule has 0 amide bonds. The molecule has 0 saturated heterocycles. The molecule has 0 aliphatic carbocycles. The molecular formula is C4H12O8P2. The second kappa shape index (κ2) is 4.38. The van der Waals surface area contributed by atoms with Gasteiger partial charge in [-0.1, -0.05) is 0 Å². The van der Waals surface area contributed by atoms with Gasteiger partial charge in [-0.05, 0) is 6.42 Å². The Labute approximate surface area is 79.5 Å². The summed E-state index contributed by atoms with van der Waals surface area (Å²) in [6.07, 6.45) is -1.20. The minimum absolute atomic E-state index is 0.327. The van der Waals surface area contributed by atoms with Crippen molar-refractivity contribution >= 4 is 15.2 Å². The summed E-state index contributed by atoms with van der Waals surface area (Å²) in [5.74, 6) is 0. The van der Waals surface area contributed by atoms with Crippen LogP contribution in [0, 0.1) is 0 Å². The number of hydrogen-bond acceptors (Lipinski definition) is 4. The number of aliphatic hydroxyl groups excluding tert-OH is 1. The maximum atomic E-state index is 10.7. The van der Waals surface area contributed by atoms with Crippen molar-refractivity contribution in [3.63, 3.8) is 0 Å². The van der Waals surface area contributed by atoms with Gasteiger partial charge >= 0.3 is 15.2 Å². The highest BCUT2D eigenvalue weighted by atomic mass is 31.2. The fraction of sp³-hybridized carbons (Fsp3) is 1.00. The molecule has 10 heteroatoms. The molecule has 0 fully saturated rings. The van der Waals surface area contributed by atoms with Crippen LogP contribution in [0.1, 0.15) is 12.8 Å². The fourth-order valence-corrected chi connectivity index (χ4v) is 3.03. The van der Waals surface area contributed by atoms with Gasteiger partial charge < -0.3 is 29.8 Å². The molecule has 0 aliphatic heterocycles. The first-order valence-electron chi connectivity index (χ1n) is 3.51. The Morgan fingerprint density at radius 3 is 1.57 bits per heavy atom. The van der Waals surface area contributed by atoms with Gasteiger partial charge in [-0.15, -0.1) is 0 Å². The lowest BCUT2D eigenvalue weighted by Crippen LogP contribution is -2.28. The molecule has 14 heavy (non-hydrogen) atoms. The third-order valence-corrected chi connectivity index (χ3v) is 5.48. The Balaban J connectivity index is 5.08. The topological polar surface area (TPSA) is 156 Å². The quantitative estimate of drug-likeness (QED) is 0.331. The molecule has 0 aliphatic rings. The van der Waals surface area contributed by atoms with Crippen LogP contribution in [0.5, 0.6) is 0 Å². The number of hydrogen-bond donors (Lipinski definition) is 6. The van der Waals surface area contributed by atoms with Crippen molar-refractivity contribution in [2.75, 3.05) is 6.61 Å². The molecule has 0 aromatic heterocycles. The molecule has 0 heterocycles. The minimum Gasteiger partial charge on any atom is -0.396 e.